The van der Waals surface area contributed by atoms with Crippen molar-refractivity contribution in [3.05, 3.63) is 48.5 Å². The van der Waals surface area contributed by atoms with Crippen molar-refractivity contribution in [2.45, 2.75) is 25.7 Å². The quantitative estimate of drug-likeness (QED) is 0.771. The van der Waals surface area contributed by atoms with Crippen molar-refractivity contribution in [3.63, 3.8) is 0 Å². The van der Waals surface area contributed by atoms with Crippen molar-refractivity contribution in [2.24, 2.45) is 11.8 Å². The number of methoxy groups -OCH3 is 1. The largest absolute Gasteiger partial charge is 0.495 e. The molecule has 0 heterocycles. The number of amides is 2. The number of rotatable bonds is 6. The molecule has 0 bridgehead atoms. The van der Waals surface area contributed by atoms with Crippen LogP contribution in [0.2, 0.25) is 0 Å². The Labute approximate surface area is 172 Å². The number of hydrogen-bond donors (Lipinski definition) is 2. The monoisotopic (exact) mass is 395 g/mol. The predicted molar refractivity (Wildman–Crippen MR) is 116 cm³/mol. The van der Waals surface area contributed by atoms with Gasteiger partial charge in [0.2, 0.25) is 11.8 Å². The summed E-state index contributed by atoms with van der Waals surface area (Å²) in [7, 11) is 5.55. The van der Waals surface area contributed by atoms with E-state index in [1.807, 2.05) is 67.5 Å². The maximum atomic E-state index is 12.6. The van der Waals surface area contributed by atoms with Gasteiger partial charge in [0.25, 0.3) is 0 Å². The fraction of sp³-hybridized carbons (Fsp3) is 0.391. The van der Waals surface area contributed by atoms with Gasteiger partial charge in [-0.1, -0.05) is 12.1 Å². The zero-order chi connectivity index (χ0) is 20.8. The SMILES string of the molecule is COc1ccccc1NC(=O)C1CCC(C(=O)Nc2ccc(N(C)C)cc2)CC1. The fourth-order valence-electron chi connectivity index (χ4n) is 3.69. The number of para-hydroxylation sites is 2. The summed E-state index contributed by atoms with van der Waals surface area (Å²) in [5.74, 6) is 0.537. The van der Waals surface area contributed by atoms with E-state index in [1.165, 1.54) is 0 Å². The third-order valence-electron chi connectivity index (χ3n) is 5.48. The van der Waals surface area contributed by atoms with Crippen molar-refractivity contribution in [1.82, 2.24) is 0 Å². The number of benzene rings is 2. The molecule has 0 radical (unpaired) electrons. The van der Waals surface area contributed by atoms with Crippen molar-refractivity contribution in [1.29, 1.82) is 0 Å². The van der Waals surface area contributed by atoms with Gasteiger partial charge in [-0.25, -0.2) is 0 Å². The molecule has 3 rings (SSSR count). The second-order valence-corrected chi connectivity index (χ2v) is 7.67. The molecule has 29 heavy (non-hydrogen) atoms. The van der Waals surface area contributed by atoms with Crippen molar-refractivity contribution in [3.8, 4) is 5.75 Å². The Morgan fingerprint density at radius 3 is 1.97 bits per heavy atom. The summed E-state index contributed by atoms with van der Waals surface area (Å²) in [6.45, 7) is 0. The normalized spacial score (nSPS) is 18.6. The first-order valence-electron chi connectivity index (χ1n) is 10.00. The van der Waals surface area contributed by atoms with Crippen molar-refractivity contribution >= 4 is 28.9 Å². The Kier molecular flexibility index (Phi) is 6.75. The lowest BCUT2D eigenvalue weighted by Crippen LogP contribution is -2.32. The Morgan fingerprint density at radius 1 is 0.862 bits per heavy atom. The zero-order valence-electron chi connectivity index (χ0n) is 17.3. The molecule has 2 amide bonds. The molecule has 154 valence electrons. The van der Waals surface area contributed by atoms with Gasteiger partial charge in [0.15, 0.2) is 0 Å². The summed E-state index contributed by atoms with van der Waals surface area (Å²) in [6, 6.07) is 15.2. The molecule has 6 heteroatoms. The Balaban J connectivity index is 1.50. The lowest BCUT2D eigenvalue weighted by atomic mass is 9.81. The van der Waals surface area contributed by atoms with Crippen LogP contribution >= 0.6 is 0 Å². The molecule has 2 N–H and O–H groups in total. The molecular formula is C23H29N3O3. The number of carbonyl (C=O) groups is 2. The summed E-state index contributed by atoms with van der Waals surface area (Å²) >= 11 is 0. The van der Waals surface area contributed by atoms with Crippen LogP contribution in [0.3, 0.4) is 0 Å². The third kappa shape index (κ3) is 5.28. The number of hydrogen-bond acceptors (Lipinski definition) is 4. The van der Waals surface area contributed by atoms with Crippen LogP contribution < -0.4 is 20.3 Å². The van der Waals surface area contributed by atoms with E-state index >= 15 is 0 Å². The number of nitrogens with zero attached hydrogens (tertiary/aromatic N) is 1. The molecule has 1 fully saturated rings. The van der Waals surface area contributed by atoms with E-state index in [9.17, 15) is 9.59 Å². The van der Waals surface area contributed by atoms with Gasteiger partial charge in [-0.3, -0.25) is 9.59 Å². The van der Waals surface area contributed by atoms with Crippen LogP contribution in [0.25, 0.3) is 0 Å². The Hall–Kier alpha value is -3.02. The maximum Gasteiger partial charge on any atom is 0.227 e. The second-order valence-electron chi connectivity index (χ2n) is 7.67. The standard InChI is InChI=1S/C23H29N3O3/c1-26(2)19-14-12-18(13-15-19)24-22(27)16-8-10-17(11-9-16)23(28)25-20-6-4-5-7-21(20)29-3/h4-7,12-17H,8-11H2,1-3H3,(H,24,27)(H,25,28). The van der Waals surface area contributed by atoms with Gasteiger partial charge < -0.3 is 20.3 Å². The van der Waals surface area contributed by atoms with Gasteiger partial charge in [-0.05, 0) is 62.1 Å². The Morgan fingerprint density at radius 2 is 1.41 bits per heavy atom. The van der Waals surface area contributed by atoms with Gasteiger partial charge >= 0.3 is 0 Å². The summed E-state index contributed by atoms with van der Waals surface area (Å²) in [4.78, 5) is 27.2. The Bertz CT molecular complexity index is 841. The van der Waals surface area contributed by atoms with Crippen LogP contribution in [-0.2, 0) is 9.59 Å². The minimum atomic E-state index is -0.0802. The molecule has 1 aliphatic rings. The molecule has 6 nitrogen and oxygen atoms in total. The van der Waals surface area contributed by atoms with Crippen LogP contribution in [0.1, 0.15) is 25.7 Å². The van der Waals surface area contributed by atoms with Gasteiger partial charge in [0.1, 0.15) is 5.75 Å². The van der Waals surface area contributed by atoms with Crippen LogP contribution in [0.5, 0.6) is 5.75 Å². The molecule has 1 saturated carbocycles. The molecule has 2 aromatic carbocycles. The average molecular weight is 396 g/mol. The van der Waals surface area contributed by atoms with E-state index in [0.717, 1.165) is 11.4 Å². The summed E-state index contributed by atoms with van der Waals surface area (Å²) in [5, 5.41) is 5.96. The number of anilines is 3. The molecule has 2 aromatic rings. The minimum Gasteiger partial charge on any atom is -0.495 e. The van der Waals surface area contributed by atoms with Crippen molar-refractivity contribution in [2.75, 3.05) is 36.7 Å². The third-order valence-corrected chi connectivity index (χ3v) is 5.48. The van der Waals surface area contributed by atoms with E-state index in [0.29, 0.717) is 37.1 Å². The van der Waals surface area contributed by atoms with E-state index in [2.05, 4.69) is 10.6 Å². The van der Waals surface area contributed by atoms with Gasteiger partial charge in [0.05, 0.1) is 12.8 Å². The van der Waals surface area contributed by atoms with Gasteiger partial charge in [0, 0.05) is 37.3 Å². The van der Waals surface area contributed by atoms with E-state index in [4.69, 9.17) is 4.74 Å². The molecule has 0 atom stereocenters. The highest BCUT2D eigenvalue weighted by Gasteiger charge is 2.30. The van der Waals surface area contributed by atoms with Crippen LogP contribution in [0.15, 0.2) is 48.5 Å². The molecule has 0 unspecified atom stereocenters. The van der Waals surface area contributed by atoms with Crippen LogP contribution in [0.4, 0.5) is 17.1 Å². The number of carbonyl (C=O) groups excluding carboxylic acids is 2. The highest BCUT2D eigenvalue weighted by molar-refractivity contribution is 5.95. The fourth-order valence-corrected chi connectivity index (χ4v) is 3.69. The van der Waals surface area contributed by atoms with E-state index in [1.54, 1.807) is 7.11 Å². The zero-order valence-corrected chi connectivity index (χ0v) is 17.3. The predicted octanol–water partition coefficient (Wildman–Crippen LogP) is 4.14. The first-order chi connectivity index (χ1) is 14.0. The number of nitrogens with one attached hydrogen (secondary N) is 2. The lowest BCUT2D eigenvalue weighted by molar-refractivity contribution is -0.125. The summed E-state index contributed by atoms with van der Waals surface area (Å²) < 4.78 is 5.29. The minimum absolute atomic E-state index is 0.00682. The van der Waals surface area contributed by atoms with Crippen LogP contribution in [-0.4, -0.2) is 33.0 Å². The van der Waals surface area contributed by atoms with Gasteiger partial charge in [-0.15, -0.1) is 0 Å². The first kappa shape index (κ1) is 20.7. The topological polar surface area (TPSA) is 70.7 Å². The van der Waals surface area contributed by atoms with Gasteiger partial charge in [-0.2, -0.15) is 0 Å². The molecule has 0 saturated heterocycles. The van der Waals surface area contributed by atoms with Crippen LogP contribution in [0, 0.1) is 11.8 Å². The average Bonchev–Trinajstić information content (AvgIpc) is 2.74. The first-order valence-corrected chi connectivity index (χ1v) is 10.00. The number of ether oxygens (including phenoxy) is 1. The highest BCUT2D eigenvalue weighted by atomic mass is 16.5. The lowest BCUT2D eigenvalue weighted by Gasteiger charge is -2.27. The summed E-state index contributed by atoms with van der Waals surface area (Å²) in [6.07, 6.45) is 2.84. The molecule has 0 aliphatic heterocycles. The smallest absolute Gasteiger partial charge is 0.227 e. The molecule has 0 aromatic heterocycles. The molecule has 1 aliphatic carbocycles. The van der Waals surface area contributed by atoms with Crippen molar-refractivity contribution < 1.29 is 14.3 Å². The molecule has 0 spiro atoms. The summed E-state index contributed by atoms with van der Waals surface area (Å²) in [5.41, 5.74) is 2.57. The maximum absolute atomic E-state index is 12.6. The second kappa shape index (κ2) is 9.45. The van der Waals surface area contributed by atoms with E-state index in [-0.39, 0.29) is 23.7 Å². The highest BCUT2D eigenvalue weighted by Crippen LogP contribution is 2.32. The molecular weight excluding hydrogens is 366 g/mol. The van der Waals surface area contributed by atoms with E-state index < -0.39 is 0 Å².